The molecule has 1 aromatic carbocycles. The van der Waals surface area contributed by atoms with Gasteiger partial charge in [0.05, 0.1) is 0 Å². The summed E-state index contributed by atoms with van der Waals surface area (Å²) in [5.74, 6) is 0. The van der Waals surface area contributed by atoms with Crippen LogP contribution in [0.4, 0.5) is 0 Å². The molecule has 0 saturated carbocycles. The Balaban J connectivity index is 2.23. The Morgan fingerprint density at radius 2 is 2.06 bits per heavy atom. The number of fused-ring (bicyclic) bond motifs is 1. The van der Waals surface area contributed by atoms with Crippen molar-refractivity contribution < 1.29 is 0 Å². The summed E-state index contributed by atoms with van der Waals surface area (Å²) in [6, 6.07) is 10.2. The highest BCUT2D eigenvalue weighted by Gasteiger charge is 1.99. The Bertz CT molecular complexity index is 805. The van der Waals surface area contributed by atoms with Crippen molar-refractivity contribution in [2.45, 2.75) is 0 Å². The van der Waals surface area contributed by atoms with Gasteiger partial charge in [-0.05, 0) is 23.6 Å². The number of aromatic nitrogens is 2. The molecule has 0 aliphatic rings. The number of H-pyrrole nitrogens is 2. The average Bonchev–Trinajstić information content (AvgIpc) is 2.82. The maximum absolute atomic E-state index is 11.5. The maximum Gasteiger partial charge on any atom is 0.273 e. The number of hydrogen-bond acceptors (Lipinski definition) is 2. The van der Waals surface area contributed by atoms with Crippen molar-refractivity contribution in [2.24, 2.45) is 0 Å². The van der Waals surface area contributed by atoms with Gasteiger partial charge in [-0.2, -0.15) is 0 Å². The van der Waals surface area contributed by atoms with Crippen LogP contribution >= 0.6 is 11.3 Å². The van der Waals surface area contributed by atoms with Gasteiger partial charge < -0.3 is 9.97 Å². The van der Waals surface area contributed by atoms with Crippen LogP contribution in [0.3, 0.4) is 0 Å². The van der Waals surface area contributed by atoms with E-state index in [-0.39, 0.29) is 5.56 Å². The molecule has 2 aromatic heterocycles. The largest absolute Gasteiger partial charge is 0.338 e. The molecule has 0 saturated heterocycles. The molecule has 2 N–H and O–H groups in total. The summed E-state index contributed by atoms with van der Waals surface area (Å²) in [7, 11) is 0. The van der Waals surface area contributed by atoms with Crippen LogP contribution in [0.1, 0.15) is 4.88 Å². The summed E-state index contributed by atoms with van der Waals surface area (Å²) in [6.07, 6.45) is 1.85. The molecule has 0 bridgehead atoms. The zero-order valence-electron chi connectivity index (χ0n) is 8.99. The fourth-order valence-electron chi connectivity index (χ4n) is 1.77. The minimum absolute atomic E-state index is 0.132. The molecule has 0 spiro atoms. The van der Waals surface area contributed by atoms with Crippen molar-refractivity contribution in [3.63, 3.8) is 0 Å². The second-order valence-electron chi connectivity index (χ2n) is 3.80. The van der Waals surface area contributed by atoms with Gasteiger partial charge in [0.1, 0.15) is 10.8 Å². The van der Waals surface area contributed by atoms with Crippen molar-refractivity contribution in [3.8, 4) is 0 Å². The number of aromatic amines is 2. The molecule has 0 aliphatic heterocycles. The highest BCUT2D eigenvalue weighted by molar-refractivity contribution is 7.19. The van der Waals surface area contributed by atoms with Gasteiger partial charge in [-0.3, -0.25) is 4.79 Å². The molecule has 2 heterocycles. The van der Waals surface area contributed by atoms with E-state index in [0.29, 0.717) is 10.8 Å². The summed E-state index contributed by atoms with van der Waals surface area (Å²) in [6.45, 7) is 3.66. The van der Waals surface area contributed by atoms with E-state index in [0.717, 1.165) is 4.88 Å². The SMILES string of the molecule is C=c1[nH]c(=O)/c(=C/c2cc3ccccc3s2)[nH]1. The highest BCUT2D eigenvalue weighted by Crippen LogP contribution is 2.25. The van der Waals surface area contributed by atoms with E-state index in [2.05, 4.69) is 34.7 Å². The van der Waals surface area contributed by atoms with E-state index in [4.69, 9.17) is 0 Å². The Hall–Kier alpha value is -2.07. The molecular weight excluding hydrogens is 232 g/mol. The Morgan fingerprint density at radius 1 is 1.24 bits per heavy atom. The van der Waals surface area contributed by atoms with E-state index in [1.54, 1.807) is 11.3 Å². The Kier molecular flexibility index (Phi) is 2.23. The standard InChI is InChI=1S/C13H10N2OS/c1-8-14-11(13(16)15-8)7-10-6-9-4-2-3-5-12(9)17-10/h2-7,14H,1H2,(H,15,16)/b11-7-. The van der Waals surface area contributed by atoms with Gasteiger partial charge in [0, 0.05) is 9.58 Å². The third-order valence-corrected chi connectivity index (χ3v) is 3.59. The minimum Gasteiger partial charge on any atom is -0.338 e. The summed E-state index contributed by atoms with van der Waals surface area (Å²) in [5, 5.41) is 1.74. The van der Waals surface area contributed by atoms with Gasteiger partial charge in [0.25, 0.3) is 5.56 Å². The van der Waals surface area contributed by atoms with E-state index in [9.17, 15) is 4.79 Å². The van der Waals surface area contributed by atoms with Crippen LogP contribution in [0.2, 0.25) is 0 Å². The van der Waals surface area contributed by atoms with E-state index >= 15 is 0 Å². The zero-order chi connectivity index (χ0) is 11.8. The Morgan fingerprint density at radius 3 is 2.76 bits per heavy atom. The summed E-state index contributed by atoms with van der Waals surface area (Å²) >= 11 is 1.66. The van der Waals surface area contributed by atoms with Gasteiger partial charge in [-0.25, -0.2) is 0 Å². The van der Waals surface area contributed by atoms with Crippen molar-refractivity contribution in [3.05, 3.63) is 56.4 Å². The minimum atomic E-state index is -0.132. The molecule has 0 amide bonds. The summed E-state index contributed by atoms with van der Waals surface area (Å²) in [4.78, 5) is 18.1. The molecule has 84 valence electrons. The molecule has 0 unspecified atom stereocenters. The first-order chi connectivity index (χ1) is 8.22. The number of nitrogens with one attached hydrogen (secondary N) is 2. The normalized spacial score (nSPS) is 12.4. The van der Waals surface area contributed by atoms with Crippen LogP contribution in [0.25, 0.3) is 22.7 Å². The predicted molar refractivity (Wildman–Crippen MR) is 71.6 cm³/mol. The smallest absolute Gasteiger partial charge is 0.273 e. The molecule has 0 atom stereocenters. The average molecular weight is 242 g/mol. The third kappa shape index (κ3) is 1.83. The van der Waals surface area contributed by atoms with Crippen LogP contribution in [-0.4, -0.2) is 9.97 Å². The first-order valence-corrected chi connectivity index (χ1v) is 6.01. The number of benzene rings is 1. The van der Waals surface area contributed by atoms with Gasteiger partial charge in [0.15, 0.2) is 0 Å². The number of imidazole rings is 1. The lowest BCUT2D eigenvalue weighted by molar-refractivity contribution is 1.19. The molecule has 3 nitrogen and oxygen atoms in total. The fourth-order valence-corrected chi connectivity index (χ4v) is 2.78. The lowest BCUT2D eigenvalue weighted by Crippen LogP contribution is -2.22. The third-order valence-electron chi connectivity index (χ3n) is 2.53. The van der Waals surface area contributed by atoms with Crippen LogP contribution < -0.4 is 16.4 Å². The first-order valence-electron chi connectivity index (χ1n) is 5.20. The second-order valence-corrected chi connectivity index (χ2v) is 4.92. The molecule has 17 heavy (non-hydrogen) atoms. The van der Waals surface area contributed by atoms with Gasteiger partial charge in [-0.15, -0.1) is 11.3 Å². The zero-order valence-corrected chi connectivity index (χ0v) is 9.80. The molecule has 0 radical (unpaired) electrons. The lowest BCUT2D eigenvalue weighted by Gasteiger charge is -1.82. The van der Waals surface area contributed by atoms with Gasteiger partial charge >= 0.3 is 0 Å². The molecule has 0 aliphatic carbocycles. The quantitative estimate of drug-likeness (QED) is 0.661. The maximum atomic E-state index is 11.5. The second kappa shape index (κ2) is 3.75. The van der Waals surface area contributed by atoms with Crippen LogP contribution in [-0.2, 0) is 0 Å². The van der Waals surface area contributed by atoms with E-state index in [1.807, 2.05) is 18.2 Å². The first kappa shape index (κ1) is 10.1. The predicted octanol–water partition coefficient (Wildman–Crippen LogP) is 1.16. The Labute approximate surface area is 101 Å². The van der Waals surface area contributed by atoms with E-state index < -0.39 is 0 Å². The number of thiophene rings is 1. The molecule has 0 fully saturated rings. The van der Waals surface area contributed by atoms with Crippen molar-refractivity contribution >= 4 is 34.1 Å². The molecule has 4 heteroatoms. The number of hydrogen-bond donors (Lipinski definition) is 2. The topological polar surface area (TPSA) is 48.6 Å². The fraction of sp³-hybridized carbons (Fsp3) is 0. The highest BCUT2D eigenvalue weighted by atomic mass is 32.1. The number of rotatable bonds is 1. The summed E-state index contributed by atoms with van der Waals surface area (Å²) in [5.41, 5.74) is 0.398. The van der Waals surface area contributed by atoms with Gasteiger partial charge in [0.2, 0.25) is 0 Å². The van der Waals surface area contributed by atoms with Gasteiger partial charge in [-0.1, -0.05) is 24.8 Å². The van der Waals surface area contributed by atoms with Crippen molar-refractivity contribution in [1.82, 2.24) is 9.97 Å². The van der Waals surface area contributed by atoms with Crippen molar-refractivity contribution in [1.29, 1.82) is 0 Å². The lowest BCUT2D eigenvalue weighted by atomic mass is 10.2. The van der Waals surface area contributed by atoms with Crippen LogP contribution in [0.15, 0.2) is 35.1 Å². The van der Waals surface area contributed by atoms with E-state index in [1.165, 1.54) is 10.1 Å². The van der Waals surface area contributed by atoms with Crippen LogP contribution in [0, 0.1) is 0 Å². The van der Waals surface area contributed by atoms with Crippen LogP contribution in [0.5, 0.6) is 0 Å². The monoisotopic (exact) mass is 242 g/mol. The molecular formula is C13H10N2OS. The molecule has 3 aromatic rings. The van der Waals surface area contributed by atoms with Crippen molar-refractivity contribution in [2.75, 3.05) is 0 Å². The summed E-state index contributed by atoms with van der Waals surface area (Å²) < 4.78 is 1.22. The molecule has 3 rings (SSSR count).